The highest BCUT2D eigenvalue weighted by molar-refractivity contribution is 5.88. The molecule has 6 nitrogen and oxygen atoms in total. The van der Waals surface area contributed by atoms with Gasteiger partial charge in [0.15, 0.2) is 0 Å². The fourth-order valence-corrected chi connectivity index (χ4v) is 2.06. The third kappa shape index (κ3) is 3.47. The van der Waals surface area contributed by atoms with E-state index in [4.69, 9.17) is 5.11 Å². The maximum Gasteiger partial charge on any atom is 0.339 e. The zero-order valence-corrected chi connectivity index (χ0v) is 12.3. The van der Waals surface area contributed by atoms with Crippen molar-refractivity contribution in [1.29, 1.82) is 0 Å². The Morgan fingerprint density at radius 1 is 1.38 bits per heavy atom. The number of aromatic nitrogens is 2. The summed E-state index contributed by atoms with van der Waals surface area (Å²) >= 11 is 0. The third-order valence-corrected chi connectivity index (χ3v) is 3.18. The molecule has 0 bridgehead atoms. The van der Waals surface area contributed by atoms with Crippen LogP contribution in [0.15, 0.2) is 30.7 Å². The second-order valence-electron chi connectivity index (χ2n) is 4.94. The van der Waals surface area contributed by atoms with Crippen molar-refractivity contribution in [2.75, 3.05) is 24.3 Å². The predicted octanol–water partition coefficient (Wildman–Crippen LogP) is 2.16. The van der Waals surface area contributed by atoms with E-state index in [9.17, 15) is 4.79 Å². The van der Waals surface area contributed by atoms with Gasteiger partial charge >= 0.3 is 5.97 Å². The van der Waals surface area contributed by atoms with E-state index in [1.54, 1.807) is 0 Å². The second kappa shape index (κ2) is 6.21. The number of nitrogens with zero attached hydrogens (tertiary/aromatic N) is 3. The largest absolute Gasteiger partial charge is 0.478 e. The molecule has 2 N–H and O–H groups in total. The van der Waals surface area contributed by atoms with Gasteiger partial charge in [-0.15, -0.1) is 0 Å². The molecule has 0 radical (unpaired) electrons. The van der Waals surface area contributed by atoms with E-state index >= 15 is 0 Å². The smallest absolute Gasteiger partial charge is 0.339 e. The van der Waals surface area contributed by atoms with Gasteiger partial charge in [-0.2, -0.15) is 0 Å². The molecule has 0 amide bonds. The van der Waals surface area contributed by atoms with Crippen LogP contribution in [-0.4, -0.2) is 35.1 Å². The Balaban J connectivity index is 2.17. The Morgan fingerprint density at radius 2 is 2.14 bits per heavy atom. The maximum atomic E-state index is 11.1. The van der Waals surface area contributed by atoms with E-state index in [0.717, 1.165) is 11.4 Å². The van der Waals surface area contributed by atoms with E-state index in [1.807, 2.05) is 44.1 Å². The van der Waals surface area contributed by atoms with E-state index in [0.29, 0.717) is 12.2 Å². The molecule has 1 aromatic heterocycles. The minimum absolute atomic E-state index is 0.116. The molecule has 1 heterocycles. The first-order valence-electron chi connectivity index (χ1n) is 6.53. The molecule has 0 saturated carbocycles. The first kappa shape index (κ1) is 14.8. The van der Waals surface area contributed by atoms with Crippen molar-refractivity contribution in [3.8, 4) is 0 Å². The lowest BCUT2D eigenvalue weighted by Crippen LogP contribution is -2.12. The highest BCUT2D eigenvalue weighted by Gasteiger charge is 2.11. The van der Waals surface area contributed by atoms with E-state index in [2.05, 4.69) is 15.3 Å². The van der Waals surface area contributed by atoms with Crippen LogP contribution in [0, 0.1) is 6.92 Å². The van der Waals surface area contributed by atoms with Crippen molar-refractivity contribution in [2.24, 2.45) is 0 Å². The van der Waals surface area contributed by atoms with Crippen LogP contribution < -0.4 is 10.2 Å². The summed E-state index contributed by atoms with van der Waals surface area (Å²) in [6.07, 6.45) is 2.66. The lowest BCUT2D eigenvalue weighted by molar-refractivity contribution is 0.0694. The molecule has 2 rings (SSSR count). The molecular weight excluding hydrogens is 268 g/mol. The summed E-state index contributed by atoms with van der Waals surface area (Å²) in [5.74, 6) is -1.02. The summed E-state index contributed by atoms with van der Waals surface area (Å²) in [6, 6.07) is 6.01. The van der Waals surface area contributed by atoms with Gasteiger partial charge < -0.3 is 15.3 Å². The Labute approximate surface area is 123 Å². The number of hydrogen-bond acceptors (Lipinski definition) is 5. The van der Waals surface area contributed by atoms with E-state index in [-0.39, 0.29) is 5.56 Å². The molecule has 21 heavy (non-hydrogen) atoms. The van der Waals surface area contributed by atoms with Gasteiger partial charge in [-0.1, -0.05) is 6.07 Å². The molecule has 0 aliphatic heterocycles. The minimum atomic E-state index is -1.02. The van der Waals surface area contributed by atoms with Crippen LogP contribution in [0.25, 0.3) is 0 Å². The van der Waals surface area contributed by atoms with Crippen LogP contribution in [-0.2, 0) is 6.54 Å². The number of nitrogens with one attached hydrogen (secondary N) is 1. The number of anilines is 2. The van der Waals surface area contributed by atoms with E-state index < -0.39 is 5.97 Å². The number of carboxylic acids is 1. The van der Waals surface area contributed by atoms with Crippen molar-refractivity contribution in [1.82, 2.24) is 9.97 Å². The summed E-state index contributed by atoms with van der Waals surface area (Å²) in [7, 11) is 3.97. The van der Waals surface area contributed by atoms with Gasteiger partial charge in [-0.3, -0.25) is 0 Å². The molecule has 110 valence electrons. The Bertz CT molecular complexity index is 656. The number of rotatable bonds is 5. The normalized spacial score (nSPS) is 10.2. The summed E-state index contributed by atoms with van der Waals surface area (Å²) < 4.78 is 0. The Hall–Kier alpha value is -2.63. The summed E-state index contributed by atoms with van der Waals surface area (Å²) in [5.41, 5.74) is 3.79. The first-order valence-corrected chi connectivity index (χ1v) is 6.53. The Morgan fingerprint density at radius 3 is 2.81 bits per heavy atom. The van der Waals surface area contributed by atoms with Gasteiger partial charge in [0.2, 0.25) is 0 Å². The standard InChI is InChI=1S/C15H18N4O2/c1-10-4-5-11(6-14(10)19(2)3)17-8-13-12(15(20)21)7-16-9-18-13/h4-7,9,17H,8H2,1-3H3,(H,20,21). The SMILES string of the molecule is Cc1ccc(NCc2ncncc2C(=O)O)cc1N(C)C. The van der Waals surface area contributed by atoms with Crippen molar-refractivity contribution < 1.29 is 9.90 Å². The Kier molecular flexibility index (Phi) is 4.37. The molecule has 0 spiro atoms. The molecule has 0 fully saturated rings. The monoisotopic (exact) mass is 286 g/mol. The van der Waals surface area contributed by atoms with Crippen LogP contribution in [0.5, 0.6) is 0 Å². The molecule has 0 aliphatic carbocycles. The third-order valence-electron chi connectivity index (χ3n) is 3.18. The average Bonchev–Trinajstić information content (AvgIpc) is 2.46. The van der Waals surface area contributed by atoms with Crippen molar-refractivity contribution >= 4 is 17.3 Å². The van der Waals surface area contributed by atoms with Crippen LogP contribution in [0.1, 0.15) is 21.6 Å². The number of aromatic carboxylic acids is 1. The van der Waals surface area contributed by atoms with E-state index in [1.165, 1.54) is 18.1 Å². The van der Waals surface area contributed by atoms with Gasteiger partial charge in [0.05, 0.1) is 12.2 Å². The number of aryl methyl sites for hydroxylation is 1. The fourth-order valence-electron chi connectivity index (χ4n) is 2.06. The quantitative estimate of drug-likeness (QED) is 0.877. The first-order chi connectivity index (χ1) is 9.99. The molecule has 0 aliphatic rings. The van der Waals surface area contributed by atoms with Crippen molar-refractivity contribution in [3.05, 3.63) is 47.5 Å². The number of benzene rings is 1. The molecular formula is C15H18N4O2. The number of carboxylic acid groups (broad SMARTS) is 1. The molecule has 0 unspecified atom stereocenters. The zero-order valence-electron chi connectivity index (χ0n) is 12.3. The van der Waals surface area contributed by atoms with Crippen LogP contribution in [0.3, 0.4) is 0 Å². The van der Waals surface area contributed by atoms with Gasteiger partial charge in [0, 0.05) is 31.7 Å². The minimum Gasteiger partial charge on any atom is -0.478 e. The molecule has 1 aromatic carbocycles. The summed E-state index contributed by atoms with van der Waals surface area (Å²) in [6.45, 7) is 2.38. The highest BCUT2D eigenvalue weighted by atomic mass is 16.4. The zero-order chi connectivity index (χ0) is 15.4. The van der Waals surface area contributed by atoms with Gasteiger partial charge in [0.25, 0.3) is 0 Å². The maximum absolute atomic E-state index is 11.1. The molecule has 0 atom stereocenters. The number of carbonyl (C=O) groups is 1. The van der Waals surface area contributed by atoms with Gasteiger partial charge in [-0.25, -0.2) is 14.8 Å². The summed E-state index contributed by atoms with van der Waals surface area (Å²) in [5, 5.41) is 12.3. The lowest BCUT2D eigenvalue weighted by atomic mass is 10.1. The number of hydrogen-bond donors (Lipinski definition) is 2. The highest BCUT2D eigenvalue weighted by Crippen LogP contribution is 2.23. The predicted molar refractivity (Wildman–Crippen MR) is 81.8 cm³/mol. The van der Waals surface area contributed by atoms with Crippen LogP contribution in [0.4, 0.5) is 11.4 Å². The van der Waals surface area contributed by atoms with Gasteiger partial charge in [0.1, 0.15) is 11.9 Å². The second-order valence-corrected chi connectivity index (χ2v) is 4.94. The molecule has 6 heteroatoms. The van der Waals surface area contributed by atoms with Crippen LogP contribution >= 0.6 is 0 Å². The topological polar surface area (TPSA) is 78.3 Å². The fraction of sp³-hybridized carbons (Fsp3) is 0.267. The van der Waals surface area contributed by atoms with Crippen molar-refractivity contribution in [3.63, 3.8) is 0 Å². The van der Waals surface area contributed by atoms with Crippen LogP contribution in [0.2, 0.25) is 0 Å². The van der Waals surface area contributed by atoms with Crippen molar-refractivity contribution in [2.45, 2.75) is 13.5 Å². The summed E-state index contributed by atoms with van der Waals surface area (Å²) in [4.78, 5) is 20.9. The molecule has 2 aromatic rings. The average molecular weight is 286 g/mol. The van der Waals surface area contributed by atoms with Gasteiger partial charge in [-0.05, 0) is 24.6 Å². The lowest BCUT2D eigenvalue weighted by Gasteiger charge is -2.17. The molecule has 0 saturated heterocycles.